The van der Waals surface area contributed by atoms with Crippen molar-refractivity contribution in [3.63, 3.8) is 0 Å². The predicted molar refractivity (Wildman–Crippen MR) is 70.8 cm³/mol. The number of carbonyl (C=O) groups excluding carboxylic acids is 1. The monoisotopic (exact) mass is 335 g/mol. The summed E-state index contributed by atoms with van der Waals surface area (Å²) < 4.78 is 28.1. The van der Waals surface area contributed by atoms with Gasteiger partial charge in [0.15, 0.2) is 0 Å². The molecule has 0 bridgehead atoms. The second kappa shape index (κ2) is 5.81. The molecule has 0 amide bonds. The van der Waals surface area contributed by atoms with Crippen LogP contribution in [0.3, 0.4) is 0 Å². The third-order valence-electron chi connectivity index (χ3n) is 2.20. The fourth-order valence-corrected chi connectivity index (χ4v) is 2.95. The molecule has 0 aliphatic heterocycles. The Hall–Kier alpha value is -0.920. The zero-order chi connectivity index (χ0) is 13.9. The molecule has 0 saturated heterocycles. The van der Waals surface area contributed by atoms with E-state index >= 15 is 0 Å². The highest BCUT2D eigenvalue weighted by atomic mass is 79.9. The highest BCUT2D eigenvalue weighted by Crippen LogP contribution is 2.26. The maximum Gasteiger partial charge on any atom is 0.338 e. The first-order valence-corrected chi connectivity index (χ1v) is 7.61. The molecule has 0 unspecified atom stereocenters. The largest absolute Gasteiger partial charge is 0.462 e. The van der Waals surface area contributed by atoms with Gasteiger partial charge in [-0.05, 0) is 47.0 Å². The van der Waals surface area contributed by atoms with E-state index in [1.165, 1.54) is 6.07 Å². The van der Waals surface area contributed by atoms with Gasteiger partial charge in [-0.25, -0.2) is 18.4 Å². The lowest BCUT2D eigenvalue weighted by Gasteiger charge is -2.09. The highest BCUT2D eigenvalue weighted by Gasteiger charge is 2.18. The van der Waals surface area contributed by atoms with E-state index in [0.717, 1.165) is 0 Å². The zero-order valence-corrected chi connectivity index (χ0v) is 12.5. The average molecular weight is 336 g/mol. The molecule has 0 aliphatic rings. The van der Waals surface area contributed by atoms with Gasteiger partial charge < -0.3 is 4.74 Å². The zero-order valence-electron chi connectivity index (χ0n) is 10.1. The van der Waals surface area contributed by atoms with Crippen molar-refractivity contribution < 1.29 is 17.9 Å². The van der Waals surface area contributed by atoms with Crippen LogP contribution in [0.15, 0.2) is 21.5 Å². The van der Waals surface area contributed by atoms with Crippen LogP contribution in [0.2, 0.25) is 0 Å². The van der Waals surface area contributed by atoms with Crippen LogP contribution < -0.4 is 5.14 Å². The lowest BCUT2D eigenvalue weighted by atomic mass is 10.1. The van der Waals surface area contributed by atoms with Crippen molar-refractivity contribution in [1.29, 1.82) is 0 Å². The molecular weight excluding hydrogens is 322 g/mol. The number of primary sulfonamides is 1. The van der Waals surface area contributed by atoms with E-state index < -0.39 is 16.0 Å². The Bertz CT molecular complexity index is 569. The van der Waals surface area contributed by atoms with Gasteiger partial charge in [-0.3, -0.25) is 0 Å². The van der Waals surface area contributed by atoms with Gasteiger partial charge in [-0.1, -0.05) is 6.92 Å². The summed E-state index contributed by atoms with van der Waals surface area (Å²) in [5.74, 6) is -0.558. The lowest BCUT2D eigenvalue weighted by Crippen LogP contribution is -2.15. The van der Waals surface area contributed by atoms with E-state index in [2.05, 4.69) is 15.9 Å². The third-order valence-corrected chi connectivity index (χ3v) is 4.45. The topological polar surface area (TPSA) is 86.5 Å². The minimum absolute atomic E-state index is 0.119. The fraction of sp³-hybridized carbons (Fsp3) is 0.364. The molecule has 1 rings (SSSR count). The Labute approximate surface area is 114 Å². The number of hydrogen-bond acceptors (Lipinski definition) is 4. The standard InChI is InChI=1S/C11H14BrNO4S/c1-3-4-17-11(14)8-5-7(2)10(12)9(6-8)18(13,15)16/h5-6H,3-4H2,1-2H3,(H2,13,15,16). The van der Waals surface area contributed by atoms with Gasteiger partial charge in [0.05, 0.1) is 17.1 Å². The van der Waals surface area contributed by atoms with Crippen LogP contribution in [0.1, 0.15) is 29.3 Å². The van der Waals surface area contributed by atoms with Gasteiger partial charge in [0.1, 0.15) is 0 Å². The van der Waals surface area contributed by atoms with E-state index in [4.69, 9.17) is 9.88 Å². The highest BCUT2D eigenvalue weighted by molar-refractivity contribution is 9.10. The predicted octanol–water partition coefficient (Wildman–Crippen LogP) is 1.97. The molecule has 7 heteroatoms. The van der Waals surface area contributed by atoms with Crippen LogP contribution in [0.4, 0.5) is 0 Å². The van der Waals surface area contributed by atoms with E-state index in [1.54, 1.807) is 13.0 Å². The molecule has 100 valence electrons. The first-order valence-electron chi connectivity index (χ1n) is 5.27. The van der Waals surface area contributed by atoms with Gasteiger partial charge in [0.25, 0.3) is 0 Å². The Morgan fingerprint density at radius 3 is 2.56 bits per heavy atom. The maximum absolute atomic E-state index is 11.7. The van der Waals surface area contributed by atoms with Crippen LogP contribution in [-0.4, -0.2) is 21.0 Å². The molecule has 0 aliphatic carbocycles. The van der Waals surface area contributed by atoms with Crippen molar-refractivity contribution >= 4 is 31.9 Å². The number of halogens is 1. The van der Waals surface area contributed by atoms with Gasteiger partial charge >= 0.3 is 5.97 Å². The summed E-state index contributed by atoms with van der Waals surface area (Å²) >= 11 is 3.14. The van der Waals surface area contributed by atoms with Crippen molar-refractivity contribution in [3.05, 3.63) is 27.7 Å². The van der Waals surface area contributed by atoms with Gasteiger partial charge in [0.2, 0.25) is 10.0 Å². The van der Waals surface area contributed by atoms with Crippen LogP contribution in [0.5, 0.6) is 0 Å². The third kappa shape index (κ3) is 3.54. The maximum atomic E-state index is 11.7. The number of aryl methyl sites for hydroxylation is 1. The van der Waals surface area contributed by atoms with Crippen molar-refractivity contribution in [2.24, 2.45) is 5.14 Å². The molecule has 5 nitrogen and oxygen atoms in total. The number of benzene rings is 1. The molecule has 0 atom stereocenters. The molecule has 0 spiro atoms. The number of carbonyl (C=O) groups is 1. The van der Waals surface area contributed by atoms with Gasteiger partial charge in [-0.15, -0.1) is 0 Å². The van der Waals surface area contributed by atoms with Gasteiger partial charge in [0, 0.05) is 4.47 Å². The molecule has 0 saturated carbocycles. The van der Waals surface area contributed by atoms with E-state index in [9.17, 15) is 13.2 Å². The van der Waals surface area contributed by atoms with E-state index in [-0.39, 0.29) is 10.5 Å². The second-order valence-corrected chi connectivity index (χ2v) is 6.11. The number of nitrogens with two attached hydrogens (primary N) is 1. The van der Waals surface area contributed by atoms with E-state index in [1.807, 2.05) is 6.92 Å². The summed E-state index contributed by atoms with van der Waals surface area (Å²) in [6, 6.07) is 2.77. The van der Waals surface area contributed by atoms with Crippen LogP contribution >= 0.6 is 15.9 Å². The van der Waals surface area contributed by atoms with Crippen LogP contribution in [0.25, 0.3) is 0 Å². The summed E-state index contributed by atoms with van der Waals surface area (Å²) in [6.45, 7) is 3.84. The number of rotatable bonds is 4. The molecule has 1 aromatic carbocycles. The van der Waals surface area contributed by atoms with Crippen molar-refractivity contribution in [2.45, 2.75) is 25.2 Å². The minimum atomic E-state index is -3.89. The fourth-order valence-electron chi connectivity index (χ4n) is 1.34. The average Bonchev–Trinajstić information content (AvgIpc) is 2.27. The lowest BCUT2D eigenvalue weighted by molar-refractivity contribution is 0.0504. The molecule has 0 fully saturated rings. The number of sulfonamides is 1. The SMILES string of the molecule is CCCOC(=O)c1cc(C)c(Br)c(S(N)(=O)=O)c1. The smallest absolute Gasteiger partial charge is 0.338 e. The quantitative estimate of drug-likeness (QED) is 0.852. The first kappa shape index (κ1) is 15.1. The number of hydrogen-bond donors (Lipinski definition) is 1. The minimum Gasteiger partial charge on any atom is -0.462 e. The normalized spacial score (nSPS) is 11.3. The molecular formula is C11H14BrNO4S. The van der Waals surface area contributed by atoms with Crippen LogP contribution in [0, 0.1) is 6.92 Å². The molecule has 0 heterocycles. The number of esters is 1. The summed E-state index contributed by atoms with van der Waals surface area (Å²) in [4.78, 5) is 11.6. The van der Waals surface area contributed by atoms with Gasteiger partial charge in [-0.2, -0.15) is 0 Å². The van der Waals surface area contributed by atoms with Crippen molar-refractivity contribution in [1.82, 2.24) is 0 Å². The summed E-state index contributed by atoms with van der Waals surface area (Å²) in [6.07, 6.45) is 0.698. The Kier molecular flexibility index (Phi) is 4.89. The Morgan fingerprint density at radius 1 is 1.44 bits per heavy atom. The first-order chi connectivity index (χ1) is 8.27. The Balaban J connectivity index is 3.25. The van der Waals surface area contributed by atoms with Crippen LogP contribution in [-0.2, 0) is 14.8 Å². The molecule has 0 aromatic heterocycles. The molecule has 18 heavy (non-hydrogen) atoms. The summed E-state index contributed by atoms with van der Waals surface area (Å²) in [7, 11) is -3.89. The molecule has 1 aromatic rings. The summed E-state index contributed by atoms with van der Waals surface area (Å²) in [5, 5.41) is 5.09. The summed E-state index contributed by atoms with van der Waals surface area (Å²) in [5.41, 5.74) is 0.776. The molecule has 2 N–H and O–H groups in total. The number of ether oxygens (including phenoxy) is 1. The van der Waals surface area contributed by atoms with Crippen molar-refractivity contribution in [2.75, 3.05) is 6.61 Å². The second-order valence-electron chi connectivity index (χ2n) is 3.79. The van der Waals surface area contributed by atoms with E-state index in [0.29, 0.717) is 23.1 Å². The van der Waals surface area contributed by atoms with Crippen molar-refractivity contribution in [3.8, 4) is 0 Å². The Morgan fingerprint density at radius 2 is 2.06 bits per heavy atom. The molecule has 0 radical (unpaired) electrons.